The average Bonchev–Trinajstić information content (AvgIpc) is 2.81. The summed E-state index contributed by atoms with van der Waals surface area (Å²) in [4.78, 5) is 14.6. The van der Waals surface area contributed by atoms with Gasteiger partial charge in [-0.2, -0.15) is 13.2 Å². The Morgan fingerprint density at radius 1 is 0.939 bits per heavy atom. The largest absolute Gasteiger partial charge is 0.416 e. The number of nitrogens with two attached hydrogens (primary N) is 1. The summed E-state index contributed by atoms with van der Waals surface area (Å²) in [6.07, 6.45) is -1.60. The minimum Gasteiger partial charge on any atom is -0.393 e. The zero-order chi connectivity index (χ0) is 23.4. The summed E-state index contributed by atoms with van der Waals surface area (Å²) in [6, 6.07) is 18.1. The molecule has 0 atom stereocenters. The van der Waals surface area contributed by atoms with Crippen molar-refractivity contribution in [2.45, 2.75) is 12.7 Å². The summed E-state index contributed by atoms with van der Waals surface area (Å²) in [5.41, 5.74) is 6.67. The standard InChI is InChI=1S/C23H18ClF3N6/c24-17-10-9-16(23(25,26)27)12-18(17)32-21-20(28)22(31-14-30-21)33(19-8-4-5-11-29-19)13-15-6-2-1-3-7-15/h1-12,14H,13,28H2,(H,30,31,32). The summed E-state index contributed by atoms with van der Waals surface area (Å²) in [5.74, 6) is 1.06. The summed E-state index contributed by atoms with van der Waals surface area (Å²) < 4.78 is 39.4. The Balaban J connectivity index is 1.73. The maximum atomic E-state index is 13.1. The number of rotatable bonds is 6. The van der Waals surface area contributed by atoms with Crippen molar-refractivity contribution in [1.29, 1.82) is 0 Å². The molecule has 0 aliphatic carbocycles. The number of hydrogen-bond donors (Lipinski definition) is 2. The number of pyridine rings is 1. The van der Waals surface area contributed by atoms with Gasteiger partial charge in [-0.15, -0.1) is 0 Å². The Morgan fingerprint density at radius 3 is 2.39 bits per heavy atom. The number of anilines is 5. The molecule has 0 aliphatic rings. The molecule has 33 heavy (non-hydrogen) atoms. The quantitative estimate of drug-likeness (QED) is 0.349. The molecule has 0 saturated carbocycles. The smallest absolute Gasteiger partial charge is 0.393 e. The van der Waals surface area contributed by atoms with Crippen LogP contribution in [0.15, 0.2) is 79.3 Å². The first kappa shape index (κ1) is 22.3. The molecular weight excluding hydrogens is 453 g/mol. The predicted molar refractivity (Wildman–Crippen MR) is 123 cm³/mol. The molecule has 0 unspecified atom stereocenters. The van der Waals surface area contributed by atoms with Gasteiger partial charge in [-0.1, -0.05) is 48.0 Å². The molecule has 2 aromatic heterocycles. The lowest BCUT2D eigenvalue weighted by Crippen LogP contribution is -2.21. The van der Waals surface area contributed by atoms with Crippen molar-refractivity contribution in [3.8, 4) is 0 Å². The van der Waals surface area contributed by atoms with Gasteiger partial charge in [0.05, 0.1) is 22.8 Å². The number of nitrogen functional groups attached to an aromatic ring is 1. The van der Waals surface area contributed by atoms with E-state index in [9.17, 15) is 13.2 Å². The van der Waals surface area contributed by atoms with Crippen molar-refractivity contribution < 1.29 is 13.2 Å². The first-order valence-corrected chi connectivity index (χ1v) is 10.2. The Morgan fingerprint density at radius 2 is 1.70 bits per heavy atom. The average molecular weight is 471 g/mol. The van der Waals surface area contributed by atoms with Crippen molar-refractivity contribution in [1.82, 2.24) is 15.0 Å². The van der Waals surface area contributed by atoms with E-state index in [2.05, 4.69) is 20.3 Å². The normalized spacial score (nSPS) is 11.3. The molecule has 0 spiro atoms. The molecule has 0 aliphatic heterocycles. The molecular formula is C23H18ClF3N6. The second kappa shape index (κ2) is 9.33. The fraction of sp³-hybridized carbons (Fsp3) is 0.0870. The van der Waals surface area contributed by atoms with E-state index in [1.165, 1.54) is 12.4 Å². The zero-order valence-electron chi connectivity index (χ0n) is 17.1. The number of halogens is 4. The van der Waals surface area contributed by atoms with Crippen molar-refractivity contribution >= 4 is 40.4 Å². The van der Waals surface area contributed by atoms with Crippen LogP contribution in [0.2, 0.25) is 5.02 Å². The predicted octanol–water partition coefficient (Wildman–Crippen LogP) is 6.21. The van der Waals surface area contributed by atoms with Crippen molar-refractivity contribution in [3.63, 3.8) is 0 Å². The van der Waals surface area contributed by atoms with Crippen LogP contribution < -0.4 is 16.0 Å². The van der Waals surface area contributed by atoms with Gasteiger partial charge in [0.2, 0.25) is 0 Å². The molecule has 2 heterocycles. The number of hydrogen-bond acceptors (Lipinski definition) is 6. The lowest BCUT2D eigenvalue weighted by atomic mass is 10.2. The molecule has 2 aromatic carbocycles. The number of nitrogens with one attached hydrogen (secondary N) is 1. The van der Waals surface area contributed by atoms with Crippen molar-refractivity contribution in [2.75, 3.05) is 16.0 Å². The SMILES string of the molecule is Nc1c(Nc2cc(C(F)(F)F)ccc2Cl)ncnc1N(Cc1ccccc1)c1ccccn1. The van der Waals surface area contributed by atoms with Gasteiger partial charge < -0.3 is 16.0 Å². The molecule has 0 bridgehead atoms. The highest BCUT2D eigenvalue weighted by Gasteiger charge is 2.31. The van der Waals surface area contributed by atoms with E-state index in [-0.39, 0.29) is 22.2 Å². The molecule has 168 valence electrons. The first-order valence-electron chi connectivity index (χ1n) is 9.79. The van der Waals surface area contributed by atoms with E-state index < -0.39 is 11.7 Å². The minimum atomic E-state index is -4.52. The fourth-order valence-electron chi connectivity index (χ4n) is 3.17. The van der Waals surface area contributed by atoms with Crippen molar-refractivity contribution in [3.05, 3.63) is 95.4 Å². The van der Waals surface area contributed by atoms with Gasteiger partial charge in [-0.25, -0.2) is 15.0 Å². The highest BCUT2D eigenvalue weighted by Crippen LogP contribution is 2.37. The van der Waals surface area contributed by atoms with E-state index in [0.29, 0.717) is 18.2 Å². The van der Waals surface area contributed by atoms with Crippen LogP contribution in [0.1, 0.15) is 11.1 Å². The lowest BCUT2D eigenvalue weighted by Gasteiger charge is -2.25. The number of benzene rings is 2. The van der Waals surface area contributed by atoms with E-state index in [0.717, 1.165) is 17.7 Å². The Labute approximate surface area is 192 Å². The summed E-state index contributed by atoms with van der Waals surface area (Å²) in [6.45, 7) is 0.406. The van der Waals surface area contributed by atoms with E-state index >= 15 is 0 Å². The van der Waals surface area contributed by atoms with Crippen molar-refractivity contribution in [2.24, 2.45) is 0 Å². The maximum absolute atomic E-state index is 13.1. The molecule has 0 amide bonds. The van der Waals surface area contributed by atoms with Crippen LogP contribution in [0.4, 0.5) is 42.0 Å². The number of nitrogens with zero attached hydrogens (tertiary/aromatic N) is 4. The Bertz CT molecular complexity index is 1240. The lowest BCUT2D eigenvalue weighted by molar-refractivity contribution is -0.137. The molecule has 4 aromatic rings. The Kier molecular flexibility index (Phi) is 6.32. The highest BCUT2D eigenvalue weighted by molar-refractivity contribution is 6.33. The van der Waals surface area contributed by atoms with Crippen LogP contribution in [0.3, 0.4) is 0 Å². The third kappa shape index (κ3) is 5.15. The molecule has 0 radical (unpaired) electrons. The van der Waals surface area contributed by atoms with Gasteiger partial charge >= 0.3 is 6.18 Å². The minimum absolute atomic E-state index is 0.0234. The second-order valence-corrected chi connectivity index (χ2v) is 7.44. The molecule has 0 fully saturated rings. The zero-order valence-corrected chi connectivity index (χ0v) is 17.8. The van der Waals surface area contributed by atoms with Gasteiger partial charge in [-0.05, 0) is 35.9 Å². The van der Waals surface area contributed by atoms with Crippen LogP contribution in [0.5, 0.6) is 0 Å². The number of aromatic nitrogens is 3. The first-order chi connectivity index (χ1) is 15.8. The fourth-order valence-corrected chi connectivity index (χ4v) is 3.33. The third-order valence-electron chi connectivity index (χ3n) is 4.77. The van der Waals surface area contributed by atoms with Gasteiger partial charge in [0.15, 0.2) is 11.6 Å². The van der Waals surface area contributed by atoms with Crippen LogP contribution in [0, 0.1) is 0 Å². The maximum Gasteiger partial charge on any atom is 0.416 e. The third-order valence-corrected chi connectivity index (χ3v) is 5.10. The van der Waals surface area contributed by atoms with Crippen LogP contribution >= 0.6 is 11.6 Å². The molecule has 3 N–H and O–H groups in total. The van der Waals surface area contributed by atoms with Gasteiger partial charge in [-0.3, -0.25) is 0 Å². The molecule has 4 rings (SSSR count). The van der Waals surface area contributed by atoms with Crippen LogP contribution in [-0.4, -0.2) is 15.0 Å². The molecule has 0 saturated heterocycles. The van der Waals surface area contributed by atoms with E-state index in [1.54, 1.807) is 23.2 Å². The second-order valence-electron chi connectivity index (χ2n) is 7.04. The van der Waals surface area contributed by atoms with Gasteiger partial charge in [0, 0.05) is 6.20 Å². The highest BCUT2D eigenvalue weighted by atomic mass is 35.5. The summed E-state index contributed by atoms with van der Waals surface area (Å²) in [7, 11) is 0. The van der Waals surface area contributed by atoms with Gasteiger partial charge in [0.25, 0.3) is 0 Å². The number of alkyl halides is 3. The van der Waals surface area contributed by atoms with Gasteiger partial charge in [0.1, 0.15) is 17.8 Å². The monoisotopic (exact) mass is 470 g/mol. The van der Waals surface area contributed by atoms with E-state index in [4.69, 9.17) is 17.3 Å². The summed E-state index contributed by atoms with van der Waals surface area (Å²) in [5, 5.41) is 2.90. The topological polar surface area (TPSA) is 80.0 Å². The van der Waals surface area contributed by atoms with Crippen LogP contribution in [-0.2, 0) is 12.7 Å². The van der Waals surface area contributed by atoms with Crippen LogP contribution in [0.25, 0.3) is 0 Å². The Hall–Kier alpha value is -3.85. The molecule has 6 nitrogen and oxygen atoms in total. The van der Waals surface area contributed by atoms with E-state index in [1.807, 2.05) is 36.4 Å². The molecule has 10 heteroatoms. The summed E-state index contributed by atoms with van der Waals surface area (Å²) >= 11 is 6.12.